The molecule has 1 heterocycles. The fourth-order valence-electron chi connectivity index (χ4n) is 1.32. The number of likely N-dealkylation sites (tertiary alicyclic amines) is 1. The van der Waals surface area contributed by atoms with Crippen LogP contribution in [0.4, 0.5) is 0 Å². The molecule has 1 nitrogen and oxygen atoms in total. The van der Waals surface area contributed by atoms with Crippen LogP contribution in [0.15, 0.2) is 0 Å². The van der Waals surface area contributed by atoms with Crippen LogP contribution in [0.25, 0.3) is 0 Å². The van der Waals surface area contributed by atoms with Crippen LogP contribution in [0, 0.1) is 0 Å². The van der Waals surface area contributed by atoms with Crippen molar-refractivity contribution in [1.29, 1.82) is 0 Å². The second-order valence-corrected chi connectivity index (χ2v) is 2.69. The Morgan fingerprint density at radius 2 is 1.89 bits per heavy atom. The molecule has 0 aromatic carbocycles. The maximum absolute atomic E-state index is 5.38. The Morgan fingerprint density at radius 3 is 2.44 bits per heavy atom. The largest absolute Gasteiger partial charge is 0.303 e. The molecule has 9 heavy (non-hydrogen) atoms. The molecule has 0 atom stereocenters. The van der Waals surface area contributed by atoms with Gasteiger partial charge in [0, 0.05) is 0 Å². The van der Waals surface area contributed by atoms with Gasteiger partial charge in [-0.25, -0.2) is 0 Å². The van der Waals surface area contributed by atoms with E-state index in [9.17, 15) is 0 Å². The van der Waals surface area contributed by atoms with Crippen LogP contribution < -0.4 is 0 Å². The molecule has 50 valence electrons. The topological polar surface area (TPSA) is 3.24 Å². The Labute approximate surface area is 58.8 Å². The zero-order chi connectivity index (χ0) is 6.53. The van der Waals surface area contributed by atoms with Gasteiger partial charge in [0.25, 0.3) is 0 Å². The quantitative estimate of drug-likeness (QED) is 0.507. The standard InChI is InChI=1S/C7H14BN/c8-4-3-7-9-5-1-2-6-9/h1-7H2. The van der Waals surface area contributed by atoms with E-state index in [2.05, 4.69) is 4.90 Å². The summed E-state index contributed by atoms with van der Waals surface area (Å²) >= 11 is 0. The van der Waals surface area contributed by atoms with Crippen molar-refractivity contribution in [2.24, 2.45) is 0 Å². The highest BCUT2D eigenvalue weighted by Crippen LogP contribution is 2.07. The van der Waals surface area contributed by atoms with Gasteiger partial charge < -0.3 is 4.90 Å². The summed E-state index contributed by atoms with van der Waals surface area (Å²) in [5.41, 5.74) is 0. The number of nitrogens with zero attached hydrogens (tertiary/aromatic N) is 1. The Bertz CT molecular complexity index is 69.3. The maximum Gasteiger partial charge on any atom is 0.0653 e. The number of hydrogen-bond acceptors (Lipinski definition) is 1. The minimum Gasteiger partial charge on any atom is -0.303 e. The average Bonchev–Trinajstić information content (AvgIpc) is 2.34. The normalized spacial score (nSPS) is 20.9. The van der Waals surface area contributed by atoms with Crippen molar-refractivity contribution < 1.29 is 0 Å². The van der Waals surface area contributed by atoms with Crippen molar-refractivity contribution in [3.05, 3.63) is 0 Å². The Kier molecular flexibility index (Phi) is 3.12. The fraction of sp³-hybridized carbons (Fsp3) is 1.00. The molecular formula is C7H14BN. The van der Waals surface area contributed by atoms with Crippen LogP contribution in [0.5, 0.6) is 0 Å². The molecule has 0 amide bonds. The smallest absolute Gasteiger partial charge is 0.0653 e. The van der Waals surface area contributed by atoms with E-state index >= 15 is 0 Å². The monoisotopic (exact) mass is 123 g/mol. The molecule has 1 fully saturated rings. The highest BCUT2D eigenvalue weighted by molar-refractivity contribution is 6.08. The van der Waals surface area contributed by atoms with Crippen molar-refractivity contribution in [2.45, 2.75) is 25.6 Å². The zero-order valence-electron chi connectivity index (χ0n) is 5.97. The van der Waals surface area contributed by atoms with Crippen LogP contribution in [0.2, 0.25) is 6.32 Å². The first-order chi connectivity index (χ1) is 4.43. The van der Waals surface area contributed by atoms with E-state index in [4.69, 9.17) is 7.85 Å². The molecule has 1 saturated heterocycles. The lowest BCUT2D eigenvalue weighted by atomic mass is 10.0. The van der Waals surface area contributed by atoms with Gasteiger partial charge in [0.2, 0.25) is 0 Å². The first-order valence-corrected chi connectivity index (χ1v) is 3.86. The van der Waals surface area contributed by atoms with E-state index in [1.165, 1.54) is 38.9 Å². The summed E-state index contributed by atoms with van der Waals surface area (Å²) in [7, 11) is 5.38. The molecule has 2 radical (unpaired) electrons. The fourth-order valence-corrected chi connectivity index (χ4v) is 1.32. The third-order valence-electron chi connectivity index (χ3n) is 1.88. The van der Waals surface area contributed by atoms with E-state index in [1.54, 1.807) is 0 Å². The summed E-state index contributed by atoms with van der Waals surface area (Å²) in [5.74, 6) is 0. The highest BCUT2D eigenvalue weighted by atomic mass is 15.1. The van der Waals surface area contributed by atoms with Gasteiger partial charge in [0.15, 0.2) is 0 Å². The predicted molar refractivity (Wildman–Crippen MR) is 40.9 cm³/mol. The summed E-state index contributed by atoms with van der Waals surface area (Å²) < 4.78 is 0. The van der Waals surface area contributed by atoms with Crippen LogP contribution in [0.3, 0.4) is 0 Å². The van der Waals surface area contributed by atoms with Gasteiger partial charge in [-0.3, -0.25) is 0 Å². The molecule has 0 unspecified atom stereocenters. The Balaban J connectivity index is 1.98. The summed E-state index contributed by atoms with van der Waals surface area (Å²) in [6.45, 7) is 3.83. The SMILES string of the molecule is [B]CCCN1CCCC1. The second-order valence-electron chi connectivity index (χ2n) is 2.69. The van der Waals surface area contributed by atoms with Crippen molar-refractivity contribution in [3.63, 3.8) is 0 Å². The second kappa shape index (κ2) is 3.94. The number of hydrogen-bond donors (Lipinski definition) is 0. The van der Waals surface area contributed by atoms with E-state index < -0.39 is 0 Å². The van der Waals surface area contributed by atoms with Crippen LogP contribution in [-0.4, -0.2) is 32.4 Å². The Morgan fingerprint density at radius 1 is 1.22 bits per heavy atom. The summed E-state index contributed by atoms with van der Waals surface area (Å²) in [4.78, 5) is 2.49. The third kappa shape index (κ3) is 2.40. The van der Waals surface area contributed by atoms with Crippen molar-refractivity contribution in [2.75, 3.05) is 19.6 Å². The molecule has 0 aliphatic carbocycles. The molecule has 0 aromatic rings. The molecular weight excluding hydrogens is 109 g/mol. The molecule has 0 bridgehead atoms. The van der Waals surface area contributed by atoms with Gasteiger partial charge in [-0.2, -0.15) is 0 Å². The summed E-state index contributed by atoms with van der Waals surface area (Å²) in [6.07, 6.45) is 4.80. The van der Waals surface area contributed by atoms with Crippen molar-refractivity contribution in [3.8, 4) is 0 Å². The van der Waals surface area contributed by atoms with E-state index in [1.807, 2.05) is 0 Å². The number of rotatable bonds is 3. The first-order valence-electron chi connectivity index (χ1n) is 3.86. The molecule has 0 aromatic heterocycles. The van der Waals surface area contributed by atoms with Crippen LogP contribution in [-0.2, 0) is 0 Å². The lowest BCUT2D eigenvalue weighted by Crippen LogP contribution is -2.19. The molecule has 0 N–H and O–H groups in total. The van der Waals surface area contributed by atoms with E-state index in [0.29, 0.717) is 0 Å². The Hall–Kier alpha value is 0.0249. The van der Waals surface area contributed by atoms with Gasteiger partial charge >= 0.3 is 0 Å². The molecule has 0 spiro atoms. The molecule has 2 heteroatoms. The maximum atomic E-state index is 5.38. The van der Waals surface area contributed by atoms with Crippen LogP contribution in [0.1, 0.15) is 19.3 Å². The molecule has 1 aliphatic rings. The molecule has 0 saturated carbocycles. The third-order valence-corrected chi connectivity index (χ3v) is 1.88. The average molecular weight is 123 g/mol. The molecule has 1 aliphatic heterocycles. The lowest BCUT2D eigenvalue weighted by Gasteiger charge is -2.12. The van der Waals surface area contributed by atoms with Gasteiger partial charge in [-0.05, 0) is 38.9 Å². The van der Waals surface area contributed by atoms with Gasteiger partial charge in [0.05, 0.1) is 7.85 Å². The van der Waals surface area contributed by atoms with Crippen molar-refractivity contribution in [1.82, 2.24) is 4.90 Å². The molecule has 1 rings (SSSR count). The van der Waals surface area contributed by atoms with Gasteiger partial charge in [0.1, 0.15) is 0 Å². The lowest BCUT2D eigenvalue weighted by molar-refractivity contribution is 0.340. The minimum absolute atomic E-state index is 0.844. The zero-order valence-corrected chi connectivity index (χ0v) is 5.97. The summed E-state index contributed by atoms with van der Waals surface area (Å²) in [5, 5.41) is 0. The van der Waals surface area contributed by atoms with Crippen molar-refractivity contribution >= 4 is 7.85 Å². The van der Waals surface area contributed by atoms with E-state index in [-0.39, 0.29) is 0 Å². The van der Waals surface area contributed by atoms with Gasteiger partial charge in [-0.1, -0.05) is 6.32 Å². The van der Waals surface area contributed by atoms with Crippen LogP contribution >= 0.6 is 0 Å². The first kappa shape index (κ1) is 7.14. The van der Waals surface area contributed by atoms with E-state index in [0.717, 1.165) is 6.32 Å². The summed E-state index contributed by atoms with van der Waals surface area (Å²) in [6, 6.07) is 0. The van der Waals surface area contributed by atoms with Gasteiger partial charge in [-0.15, -0.1) is 0 Å². The minimum atomic E-state index is 0.844. The predicted octanol–water partition coefficient (Wildman–Crippen LogP) is 1.06. The highest BCUT2D eigenvalue weighted by Gasteiger charge is 2.08.